The van der Waals surface area contributed by atoms with E-state index >= 15 is 0 Å². The van der Waals surface area contributed by atoms with Crippen LogP contribution in [0.25, 0.3) is 0 Å². The molecule has 3 nitrogen and oxygen atoms in total. The highest BCUT2D eigenvalue weighted by molar-refractivity contribution is 5.69. The van der Waals surface area contributed by atoms with E-state index in [9.17, 15) is 4.79 Å². The molecule has 0 amide bonds. The Bertz CT molecular complexity index is 364. The maximum Gasteiger partial charge on any atom is 0.308 e. The standard InChI is InChI=1S/C14H18O3/c1-11(15)16-13-7-9-14(10-8-13)17-12-5-3-2-4-6-12/h7-10,12H,2-6H2,1H3. The first kappa shape index (κ1) is 12.0. The van der Waals surface area contributed by atoms with E-state index in [2.05, 4.69) is 0 Å². The summed E-state index contributed by atoms with van der Waals surface area (Å²) in [5, 5.41) is 0. The zero-order valence-electron chi connectivity index (χ0n) is 10.1. The average molecular weight is 234 g/mol. The fourth-order valence-electron chi connectivity index (χ4n) is 2.13. The SMILES string of the molecule is CC(=O)Oc1ccc(OC2CCCCC2)cc1. The van der Waals surface area contributed by atoms with Crippen molar-refractivity contribution in [3.63, 3.8) is 0 Å². The summed E-state index contributed by atoms with van der Waals surface area (Å²) in [6.45, 7) is 1.40. The third kappa shape index (κ3) is 3.77. The van der Waals surface area contributed by atoms with Crippen molar-refractivity contribution in [2.75, 3.05) is 0 Å². The smallest absolute Gasteiger partial charge is 0.308 e. The molecular weight excluding hydrogens is 216 g/mol. The van der Waals surface area contributed by atoms with E-state index in [-0.39, 0.29) is 5.97 Å². The van der Waals surface area contributed by atoms with E-state index in [4.69, 9.17) is 9.47 Å². The maximum absolute atomic E-state index is 10.8. The van der Waals surface area contributed by atoms with Crippen LogP contribution in [0.15, 0.2) is 24.3 Å². The summed E-state index contributed by atoms with van der Waals surface area (Å²) >= 11 is 0. The van der Waals surface area contributed by atoms with Gasteiger partial charge < -0.3 is 9.47 Å². The van der Waals surface area contributed by atoms with Crippen molar-refractivity contribution in [3.05, 3.63) is 24.3 Å². The van der Waals surface area contributed by atoms with Gasteiger partial charge >= 0.3 is 5.97 Å². The van der Waals surface area contributed by atoms with Crippen LogP contribution in [-0.4, -0.2) is 12.1 Å². The fraction of sp³-hybridized carbons (Fsp3) is 0.500. The zero-order chi connectivity index (χ0) is 12.1. The molecular formula is C14H18O3. The summed E-state index contributed by atoms with van der Waals surface area (Å²) in [4.78, 5) is 10.8. The molecule has 2 rings (SSSR count). The molecule has 0 N–H and O–H groups in total. The number of benzene rings is 1. The first-order valence-electron chi connectivity index (χ1n) is 6.19. The number of hydrogen-bond acceptors (Lipinski definition) is 3. The fourth-order valence-corrected chi connectivity index (χ4v) is 2.13. The van der Waals surface area contributed by atoms with Crippen LogP contribution < -0.4 is 9.47 Å². The molecule has 0 saturated heterocycles. The molecule has 0 unspecified atom stereocenters. The number of hydrogen-bond donors (Lipinski definition) is 0. The van der Waals surface area contributed by atoms with Gasteiger partial charge in [-0.25, -0.2) is 0 Å². The second-order valence-corrected chi connectivity index (χ2v) is 4.44. The van der Waals surface area contributed by atoms with Crippen LogP contribution >= 0.6 is 0 Å². The van der Waals surface area contributed by atoms with Gasteiger partial charge in [0.1, 0.15) is 11.5 Å². The molecule has 1 saturated carbocycles. The minimum absolute atomic E-state index is 0.300. The van der Waals surface area contributed by atoms with E-state index in [1.165, 1.54) is 26.2 Å². The predicted molar refractivity (Wildman–Crippen MR) is 65.3 cm³/mol. The molecule has 0 radical (unpaired) electrons. The average Bonchev–Trinajstić information content (AvgIpc) is 2.32. The Morgan fingerprint density at radius 2 is 1.65 bits per heavy atom. The van der Waals surface area contributed by atoms with Gasteiger partial charge in [-0.15, -0.1) is 0 Å². The van der Waals surface area contributed by atoms with Gasteiger partial charge in [0, 0.05) is 6.92 Å². The van der Waals surface area contributed by atoms with Gasteiger partial charge in [-0.05, 0) is 49.9 Å². The lowest BCUT2D eigenvalue weighted by Crippen LogP contribution is -2.19. The Morgan fingerprint density at radius 1 is 1.06 bits per heavy atom. The minimum atomic E-state index is -0.300. The van der Waals surface area contributed by atoms with Crippen molar-refractivity contribution in [2.24, 2.45) is 0 Å². The van der Waals surface area contributed by atoms with Crippen LogP contribution in [0.1, 0.15) is 39.0 Å². The summed E-state index contributed by atoms with van der Waals surface area (Å²) in [5.74, 6) is 1.12. The van der Waals surface area contributed by atoms with Gasteiger partial charge in [-0.2, -0.15) is 0 Å². The van der Waals surface area contributed by atoms with Gasteiger partial charge in [0.2, 0.25) is 0 Å². The number of rotatable bonds is 3. The van der Waals surface area contributed by atoms with Gasteiger partial charge in [0.25, 0.3) is 0 Å². The van der Waals surface area contributed by atoms with Crippen molar-refractivity contribution >= 4 is 5.97 Å². The predicted octanol–water partition coefficient (Wildman–Crippen LogP) is 3.32. The van der Waals surface area contributed by atoms with Crippen molar-refractivity contribution < 1.29 is 14.3 Å². The Balaban J connectivity index is 1.90. The topological polar surface area (TPSA) is 35.5 Å². The van der Waals surface area contributed by atoms with Gasteiger partial charge in [-0.1, -0.05) is 6.42 Å². The van der Waals surface area contributed by atoms with E-state index in [1.807, 2.05) is 12.1 Å². The molecule has 1 aromatic carbocycles. The van der Waals surface area contributed by atoms with Gasteiger partial charge in [0.15, 0.2) is 0 Å². The monoisotopic (exact) mass is 234 g/mol. The molecule has 3 heteroatoms. The third-order valence-electron chi connectivity index (χ3n) is 2.94. The quantitative estimate of drug-likeness (QED) is 0.594. The number of carbonyl (C=O) groups excluding carboxylic acids is 1. The van der Waals surface area contributed by atoms with Gasteiger partial charge in [0.05, 0.1) is 6.10 Å². The van der Waals surface area contributed by atoms with Crippen LogP contribution in [0.2, 0.25) is 0 Å². The van der Waals surface area contributed by atoms with Crippen LogP contribution in [0.5, 0.6) is 11.5 Å². The van der Waals surface area contributed by atoms with Crippen LogP contribution in [0, 0.1) is 0 Å². The Hall–Kier alpha value is -1.51. The molecule has 0 spiro atoms. The van der Waals surface area contributed by atoms with Crippen LogP contribution in [0.3, 0.4) is 0 Å². The normalized spacial score (nSPS) is 16.5. The highest BCUT2D eigenvalue weighted by Crippen LogP contribution is 2.24. The maximum atomic E-state index is 10.8. The summed E-state index contributed by atoms with van der Waals surface area (Å²) in [5.41, 5.74) is 0. The van der Waals surface area contributed by atoms with Crippen molar-refractivity contribution in [1.29, 1.82) is 0 Å². The molecule has 0 aliphatic heterocycles. The molecule has 1 fully saturated rings. The molecule has 0 heterocycles. The van der Waals surface area contributed by atoms with Crippen molar-refractivity contribution in [3.8, 4) is 11.5 Å². The summed E-state index contributed by atoms with van der Waals surface area (Å²) in [6.07, 6.45) is 6.48. The first-order chi connectivity index (χ1) is 8.24. The van der Waals surface area contributed by atoms with Crippen LogP contribution in [0.4, 0.5) is 0 Å². The van der Waals surface area contributed by atoms with Gasteiger partial charge in [-0.3, -0.25) is 4.79 Å². The van der Waals surface area contributed by atoms with E-state index in [0.29, 0.717) is 11.9 Å². The second kappa shape index (κ2) is 5.71. The van der Waals surface area contributed by atoms with E-state index in [1.54, 1.807) is 12.1 Å². The molecule has 17 heavy (non-hydrogen) atoms. The van der Waals surface area contributed by atoms with Crippen LogP contribution in [-0.2, 0) is 4.79 Å². The first-order valence-corrected chi connectivity index (χ1v) is 6.19. The summed E-state index contributed by atoms with van der Waals surface area (Å²) in [6, 6.07) is 7.23. The molecule has 1 aliphatic carbocycles. The Kier molecular flexibility index (Phi) is 4.02. The lowest BCUT2D eigenvalue weighted by atomic mass is 9.98. The minimum Gasteiger partial charge on any atom is -0.490 e. The Morgan fingerprint density at radius 3 is 2.24 bits per heavy atom. The summed E-state index contributed by atoms with van der Waals surface area (Å²) < 4.78 is 10.8. The third-order valence-corrected chi connectivity index (χ3v) is 2.94. The van der Waals surface area contributed by atoms with E-state index in [0.717, 1.165) is 18.6 Å². The molecule has 0 atom stereocenters. The van der Waals surface area contributed by atoms with E-state index < -0.39 is 0 Å². The van der Waals surface area contributed by atoms with Crippen molar-refractivity contribution in [1.82, 2.24) is 0 Å². The molecule has 1 aliphatic rings. The highest BCUT2D eigenvalue weighted by Gasteiger charge is 2.14. The molecule has 0 aromatic heterocycles. The van der Waals surface area contributed by atoms with Crippen molar-refractivity contribution in [2.45, 2.75) is 45.1 Å². The molecule has 92 valence electrons. The lowest BCUT2D eigenvalue weighted by Gasteiger charge is -2.22. The zero-order valence-corrected chi connectivity index (χ0v) is 10.1. The lowest BCUT2D eigenvalue weighted by molar-refractivity contribution is -0.131. The number of ether oxygens (including phenoxy) is 2. The molecule has 0 bridgehead atoms. The number of carbonyl (C=O) groups is 1. The number of esters is 1. The molecule has 1 aromatic rings. The Labute approximate surface area is 102 Å². The summed E-state index contributed by atoms with van der Waals surface area (Å²) in [7, 11) is 0. The highest BCUT2D eigenvalue weighted by atomic mass is 16.5. The second-order valence-electron chi connectivity index (χ2n) is 4.44. The largest absolute Gasteiger partial charge is 0.490 e.